The highest BCUT2D eigenvalue weighted by Crippen LogP contribution is 2.20. The van der Waals surface area contributed by atoms with Crippen molar-refractivity contribution in [1.82, 2.24) is 14.7 Å². The molecule has 0 aliphatic carbocycles. The molecule has 0 spiro atoms. The third-order valence-electron chi connectivity index (χ3n) is 3.58. The molecule has 2 rings (SSSR count). The van der Waals surface area contributed by atoms with Crippen molar-refractivity contribution in [2.45, 2.75) is 6.42 Å². The largest absolute Gasteiger partial charge is 0.457 e. The summed E-state index contributed by atoms with van der Waals surface area (Å²) in [6, 6.07) is 1.67. The van der Waals surface area contributed by atoms with E-state index in [4.69, 9.17) is 4.42 Å². The summed E-state index contributed by atoms with van der Waals surface area (Å²) in [5.41, 5.74) is 0.549. The van der Waals surface area contributed by atoms with Gasteiger partial charge in [-0.2, -0.15) is 0 Å². The summed E-state index contributed by atoms with van der Waals surface area (Å²) in [5.74, 6) is 0.0590. The van der Waals surface area contributed by atoms with E-state index in [1.807, 2.05) is 4.90 Å². The number of likely N-dealkylation sites (N-methyl/N-ethyl adjacent to an activating group) is 1. The maximum absolute atomic E-state index is 12.4. The summed E-state index contributed by atoms with van der Waals surface area (Å²) in [6.07, 6.45) is 2.36. The monoisotopic (exact) mass is 357 g/mol. The molecule has 0 aromatic carbocycles. The molecule has 0 atom stereocenters. The maximum atomic E-state index is 12.4. The number of amides is 2. The van der Waals surface area contributed by atoms with Gasteiger partial charge < -0.3 is 14.2 Å². The number of halogens is 1. The van der Waals surface area contributed by atoms with E-state index in [1.165, 1.54) is 6.26 Å². The van der Waals surface area contributed by atoms with Crippen molar-refractivity contribution in [2.24, 2.45) is 0 Å². The Balaban J connectivity index is 1.93. The second-order valence-corrected chi connectivity index (χ2v) is 6.04. The molecular formula is C14H20BrN3O3. The number of rotatable bonds is 3. The topological polar surface area (TPSA) is 57.0 Å². The minimum atomic E-state index is -0.0311. The lowest BCUT2D eigenvalue weighted by atomic mass is 10.3. The van der Waals surface area contributed by atoms with Crippen molar-refractivity contribution in [3.05, 3.63) is 22.6 Å². The standard InChI is InChI=1S/C14H20BrN3O3/c1-16(2)12(19)10-17-5-3-6-18(8-7-17)14(20)11-4-9-21-13(11)15/h4,9H,3,5-8,10H2,1-2H3. The van der Waals surface area contributed by atoms with Gasteiger partial charge in [-0.15, -0.1) is 0 Å². The van der Waals surface area contributed by atoms with Gasteiger partial charge >= 0.3 is 0 Å². The van der Waals surface area contributed by atoms with E-state index in [0.717, 1.165) is 13.0 Å². The van der Waals surface area contributed by atoms with Gasteiger partial charge in [0, 0.05) is 40.3 Å². The van der Waals surface area contributed by atoms with E-state index < -0.39 is 0 Å². The minimum Gasteiger partial charge on any atom is -0.457 e. The van der Waals surface area contributed by atoms with Crippen LogP contribution in [0, 0.1) is 0 Å². The highest BCUT2D eigenvalue weighted by atomic mass is 79.9. The van der Waals surface area contributed by atoms with Crippen LogP contribution in [0.5, 0.6) is 0 Å². The van der Waals surface area contributed by atoms with E-state index in [2.05, 4.69) is 20.8 Å². The van der Waals surface area contributed by atoms with E-state index in [-0.39, 0.29) is 11.8 Å². The molecule has 1 aromatic rings. The van der Waals surface area contributed by atoms with Crippen LogP contribution in [0.15, 0.2) is 21.4 Å². The molecule has 0 N–H and O–H groups in total. The Morgan fingerprint density at radius 2 is 2.05 bits per heavy atom. The highest BCUT2D eigenvalue weighted by Gasteiger charge is 2.23. The molecule has 1 saturated heterocycles. The Labute approximate surface area is 132 Å². The van der Waals surface area contributed by atoms with Crippen LogP contribution in [0.25, 0.3) is 0 Å². The lowest BCUT2D eigenvalue weighted by Gasteiger charge is -2.22. The molecule has 0 saturated carbocycles. The first-order valence-electron chi connectivity index (χ1n) is 6.94. The summed E-state index contributed by atoms with van der Waals surface area (Å²) in [4.78, 5) is 29.7. The molecule has 1 aromatic heterocycles. The molecule has 6 nitrogen and oxygen atoms in total. The predicted octanol–water partition coefficient (Wildman–Crippen LogP) is 1.28. The Morgan fingerprint density at radius 1 is 1.29 bits per heavy atom. The Bertz CT molecular complexity index is 515. The molecule has 2 amide bonds. The average molecular weight is 358 g/mol. The fourth-order valence-corrected chi connectivity index (χ4v) is 2.69. The highest BCUT2D eigenvalue weighted by molar-refractivity contribution is 9.10. The molecular weight excluding hydrogens is 338 g/mol. The Morgan fingerprint density at radius 3 is 2.67 bits per heavy atom. The lowest BCUT2D eigenvalue weighted by molar-refractivity contribution is -0.129. The molecule has 0 bridgehead atoms. The lowest BCUT2D eigenvalue weighted by Crippen LogP contribution is -2.39. The van der Waals surface area contributed by atoms with E-state index in [1.54, 1.807) is 25.1 Å². The van der Waals surface area contributed by atoms with Crippen molar-refractivity contribution in [1.29, 1.82) is 0 Å². The van der Waals surface area contributed by atoms with Gasteiger partial charge in [-0.25, -0.2) is 0 Å². The van der Waals surface area contributed by atoms with Gasteiger partial charge in [-0.1, -0.05) is 0 Å². The molecule has 1 aliphatic heterocycles. The van der Waals surface area contributed by atoms with Crippen molar-refractivity contribution in [3.8, 4) is 0 Å². The first-order valence-corrected chi connectivity index (χ1v) is 7.73. The number of hydrogen-bond acceptors (Lipinski definition) is 4. The number of carbonyl (C=O) groups is 2. The molecule has 2 heterocycles. The summed E-state index contributed by atoms with van der Waals surface area (Å²) >= 11 is 3.24. The second-order valence-electron chi connectivity index (χ2n) is 5.32. The van der Waals surface area contributed by atoms with Gasteiger partial charge in [0.25, 0.3) is 5.91 Å². The molecule has 1 fully saturated rings. The number of carbonyl (C=O) groups excluding carboxylic acids is 2. The van der Waals surface area contributed by atoms with Gasteiger partial charge in [0.05, 0.1) is 18.4 Å². The van der Waals surface area contributed by atoms with E-state index in [0.29, 0.717) is 36.4 Å². The molecule has 21 heavy (non-hydrogen) atoms. The maximum Gasteiger partial charge on any atom is 0.258 e. The van der Waals surface area contributed by atoms with Crippen LogP contribution in [-0.4, -0.2) is 73.3 Å². The average Bonchev–Trinajstić information content (AvgIpc) is 2.73. The smallest absolute Gasteiger partial charge is 0.258 e. The van der Waals surface area contributed by atoms with E-state index >= 15 is 0 Å². The van der Waals surface area contributed by atoms with Crippen molar-refractivity contribution < 1.29 is 14.0 Å². The van der Waals surface area contributed by atoms with Crippen LogP contribution in [-0.2, 0) is 4.79 Å². The summed E-state index contributed by atoms with van der Waals surface area (Å²) < 4.78 is 5.59. The van der Waals surface area contributed by atoms with Gasteiger partial charge in [-0.3, -0.25) is 14.5 Å². The molecule has 116 valence electrons. The second kappa shape index (κ2) is 7.09. The van der Waals surface area contributed by atoms with Crippen molar-refractivity contribution in [2.75, 3.05) is 46.8 Å². The van der Waals surface area contributed by atoms with Gasteiger partial charge in [0.1, 0.15) is 0 Å². The summed E-state index contributed by atoms with van der Waals surface area (Å²) in [7, 11) is 3.51. The first kappa shape index (κ1) is 16.0. The van der Waals surface area contributed by atoms with Crippen molar-refractivity contribution in [3.63, 3.8) is 0 Å². The third-order valence-corrected chi connectivity index (χ3v) is 4.20. The van der Waals surface area contributed by atoms with Gasteiger partial charge in [-0.05, 0) is 28.4 Å². The van der Waals surface area contributed by atoms with Gasteiger partial charge in [0.2, 0.25) is 5.91 Å². The fraction of sp³-hybridized carbons (Fsp3) is 0.571. The number of furan rings is 1. The zero-order valence-electron chi connectivity index (χ0n) is 12.3. The van der Waals surface area contributed by atoms with Crippen LogP contribution in [0.3, 0.4) is 0 Å². The Kier molecular flexibility index (Phi) is 5.41. The quantitative estimate of drug-likeness (QED) is 0.817. The van der Waals surface area contributed by atoms with Crippen LogP contribution < -0.4 is 0 Å². The van der Waals surface area contributed by atoms with Crippen LogP contribution in [0.4, 0.5) is 0 Å². The molecule has 7 heteroatoms. The molecule has 0 unspecified atom stereocenters. The Hall–Kier alpha value is -1.34. The van der Waals surface area contributed by atoms with Crippen LogP contribution >= 0.6 is 15.9 Å². The third kappa shape index (κ3) is 4.07. The number of nitrogens with zero attached hydrogens (tertiary/aromatic N) is 3. The minimum absolute atomic E-state index is 0.0311. The normalized spacial score (nSPS) is 16.6. The zero-order valence-corrected chi connectivity index (χ0v) is 13.9. The molecule has 1 aliphatic rings. The van der Waals surface area contributed by atoms with Gasteiger partial charge in [0.15, 0.2) is 4.67 Å². The molecule has 0 radical (unpaired) electrons. The zero-order chi connectivity index (χ0) is 15.4. The fourth-order valence-electron chi connectivity index (χ4n) is 2.28. The van der Waals surface area contributed by atoms with Crippen LogP contribution in [0.2, 0.25) is 0 Å². The SMILES string of the molecule is CN(C)C(=O)CN1CCCN(C(=O)c2ccoc2Br)CC1. The van der Waals surface area contributed by atoms with Crippen LogP contribution in [0.1, 0.15) is 16.8 Å². The number of hydrogen-bond donors (Lipinski definition) is 0. The first-order chi connectivity index (χ1) is 9.99. The summed E-state index contributed by atoms with van der Waals surface area (Å²) in [5, 5.41) is 0. The summed E-state index contributed by atoms with van der Waals surface area (Å²) in [6.45, 7) is 3.27. The predicted molar refractivity (Wildman–Crippen MR) is 82.1 cm³/mol. The van der Waals surface area contributed by atoms with Crippen molar-refractivity contribution >= 4 is 27.7 Å². The van der Waals surface area contributed by atoms with E-state index in [9.17, 15) is 9.59 Å².